The monoisotopic (exact) mass is 527 g/mol. The summed E-state index contributed by atoms with van der Waals surface area (Å²) in [6.45, 7) is 4.07. The van der Waals surface area contributed by atoms with Crippen LogP contribution in [0.4, 0.5) is 24.7 Å². The number of nitrogens with zero attached hydrogens (tertiary/aromatic N) is 3. The number of benzene rings is 1. The highest BCUT2D eigenvalue weighted by Gasteiger charge is 2.34. The zero-order valence-electron chi connectivity index (χ0n) is 20.1. The van der Waals surface area contributed by atoms with Gasteiger partial charge in [0.15, 0.2) is 0 Å². The Balaban J connectivity index is 1.40. The van der Waals surface area contributed by atoms with Crippen LogP contribution < -0.4 is 10.6 Å². The molecule has 0 aliphatic carbocycles. The molecule has 2 aliphatic heterocycles. The molecular weight excluding hydrogens is 499 g/mol. The van der Waals surface area contributed by atoms with Crippen LogP contribution in [0.25, 0.3) is 0 Å². The predicted molar refractivity (Wildman–Crippen MR) is 129 cm³/mol. The van der Waals surface area contributed by atoms with Gasteiger partial charge in [-0.3, -0.25) is 4.79 Å². The number of nitrogens with one attached hydrogen (secondary N) is 2. The average molecular weight is 528 g/mol. The lowest BCUT2D eigenvalue weighted by Crippen LogP contribution is -2.54. The minimum atomic E-state index is -4.59. The van der Waals surface area contributed by atoms with Crippen LogP contribution in [-0.4, -0.2) is 72.4 Å². The van der Waals surface area contributed by atoms with Crippen molar-refractivity contribution in [2.45, 2.75) is 50.6 Å². The number of halogens is 4. The van der Waals surface area contributed by atoms with Crippen LogP contribution in [0.3, 0.4) is 0 Å². The molecule has 0 saturated carbocycles. The summed E-state index contributed by atoms with van der Waals surface area (Å²) in [5.41, 5.74) is -0.128. The number of hydrogen-bond acceptors (Lipinski definition) is 7. The summed E-state index contributed by atoms with van der Waals surface area (Å²) in [6.07, 6.45) is -0.883. The van der Waals surface area contributed by atoms with Crippen LogP contribution in [0.1, 0.15) is 40.9 Å². The van der Waals surface area contributed by atoms with E-state index in [1.54, 1.807) is 18.9 Å². The number of likely N-dealkylation sites (tertiary alicyclic amines) is 1. The normalized spacial score (nSPS) is 21.4. The molecule has 1 aromatic heterocycles. The van der Waals surface area contributed by atoms with Gasteiger partial charge in [0, 0.05) is 50.1 Å². The number of methoxy groups -OCH3 is 1. The summed E-state index contributed by atoms with van der Waals surface area (Å²) in [7, 11) is 1.69. The summed E-state index contributed by atoms with van der Waals surface area (Å²) in [5, 5.41) is 6.12. The van der Waals surface area contributed by atoms with E-state index in [-0.39, 0.29) is 41.3 Å². The van der Waals surface area contributed by atoms with Crippen molar-refractivity contribution >= 4 is 29.0 Å². The summed E-state index contributed by atoms with van der Waals surface area (Å²) in [6, 6.07) is 3.99. The van der Waals surface area contributed by atoms with E-state index in [9.17, 15) is 18.0 Å². The SMILES string of the molecule is CO[C@@H]1COCC[C@@H]1NC1CCN(C(=O)c2ncnc(Nc3ccc(Cl)c(C(F)(F)F)c3)c2C)CC1. The zero-order chi connectivity index (χ0) is 25.9. The minimum Gasteiger partial charge on any atom is -0.379 e. The fourth-order valence-corrected chi connectivity index (χ4v) is 4.81. The third kappa shape index (κ3) is 6.08. The highest BCUT2D eigenvalue weighted by Crippen LogP contribution is 2.37. The van der Waals surface area contributed by atoms with Crippen molar-refractivity contribution in [3.05, 3.63) is 46.4 Å². The zero-order valence-corrected chi connectivity index (χ0v) is 20.8. The van der Waals surface area contributed by atoms with Crippen LogP contribution >= 0.6 is 11.6 Å². The van der Waals surface area contributed by atoms with Gasteiger partial charge in [-0.1, -0.05) is 11.6 Å². The Morgan fingerprint density at radius 3 is 2.67 bits per heavy atom. The van der Waals surface area contributed by atoms with Crippen LogP contribution in [0.15, 0.2) is 24.5 Å². The lowest BCUT2D eigenvalue weighted by molar-refractivity contribution is -0.137. The largest absolute Gasteiger partial charge is 0.417 e. The molecule has 2 fully saturated rings. The van der Waals surface area contributed by atoms with Gasteiger partial charge >= 0.3 is 6.18 Å². The van der Waals surface area contributed by atoms with Gasteiger partial charge in [0.25, 0.3) is 5.91 Å². The van der Waals surface area contributed by atoms with E-state index >= 15 is 0 Å². The van der Waals surface area contributed by atoms with Crippen molar-refractivity contribution in [2.24, 2.45) is 0 Å². The second-order valence-corrected chi connectivity index (χ2v) is 9.40. The average Bonchev–Trinajstić information content (AvgIpc) is 2.86. The van der Waals surface area contributed by atoms with Crippen LogP contribution in [-0.2, 0) is 15.7 Å². The van der Waals surface area contributed by atoms with E-state index in [1.807, 2.05) is 0 Å². The fraction of sp³-hybridized carbons (Fsp3) is 0.542. The number of anilines is 2. The highest BCUT2D eigenvalue weighted by atomic mass is 35.5. The van der Waals surface area contributed by atoms with Gasteiger partial charge in [0.05, 0.1) is 23.3 Å². The first-order valence-corrected chi connectivity index (χ1v) is 12.2. The Bertz CT molecular complexity index is 1080. The van der Waals surface area contributed by atoms with Crippen molar-refractivity contribution in [1.82, 2.24) is 20.2 Å². The Labute approximate surface area is 212 Å². The van der Waals surface area contributed by atoms with Gasteiger partial charge in [-0.15, -0.1) is 0 Å². The second kappa shape index (κ2) is 11.3. The molecule has 0 spiro atoms. The molecule has 1 aromatic carbocycles. The van der Waals surface area contributed by atoms with E-state index in [0.29, 0.717) is 31.9 Å². The standard InChI is InChI=1S/C24H29ClF3N5O3/c1-14-21(29-13-30-22(14)32-16-3-4-18(25)17(11-16)24(26,27)28)23(34)33-8-5-15(6-9-33)31-19-7-10-36-12-20(19)35-2/h3-4,11,13,15,19-20,31H,5-10,12H2,1-2H3,(H,29,30,32)/t19-,20+/m0/s1. The molecule has 0 unspecified atom stereocenters. The van der Waals surface area contributed by atoms with Crippen molar-refractivity contribution in [1.29, 1.82) is 0 Å². The Hall–Kier alpha value is -2.47. The third-order valence-electron chi connectivity index (χ3n) is 6.66. The lowest BCUT2D eigenvalue weighted by Gasteiger charge is -2.38. The van der Waals surface area contributed by atoms with Crippen molar-refractivity contribution < 1.29 is 27.4 Å². The van der Waals surface area contributed by atoms with Crippen molar-refractivity contribution in [2.75, 3.05) is 38.7 Å². The van der Waals surface area contributed by atoms with E-state index in [0.717, 1.165) is 25.3 Å². The van der Waals surface area contributed by atoms with Gasteiger partial charge in [-0.2, -0.15) is 13.2 Å². The van der Waals surface area contributed by atoms with Crippen molar-refractivity contribution in [3.8, 4) is 0 Å². The molecule has 2 aliphatic rings. The van der Waals surface area contributed by atoms with Gasteiger partial charge in [0.1, 0.15) is 17.8 Å². The molecule has 2 N–H and O–H groups in total. The molecule has 3 heterocycles. The Kier molecular flexibility index (Phi) is 8.34. The number of ether oxygens (including phenoxy) is 2. The molecule has 2 saturated heterocycles. The van der Waals surface area contributed by atoms with Crippen LogP contribution in [0, 0.1) is 6.92 Å². The summed E-state index contributed by atoms with van der Waals surface area (Å²) >= 11 is 5.71. The minimum absolute atomic E-state index is 0.0147. The second-order valence-electron chi connectivity index (χ2n) is 8.99. The maximum Gasteiger partial charge on any atom is 0.417 e. The van der Waals surface area contributed by atoms with Crippen LogP contribution in [0.2, 0.25) is 5.02 Å². The van der Waals surface area contributed by atoms with Crippen molar-refractivity contribution in [3.63, 3.8) is 0 Å². The first kappa shape index (κ1) is 26.6. The molecule has 2 aromatic rings. The molecule has 196 valence electrons. The third-order valence-corrected chi connectivity index (χ3v) is 6.99. The Morgan fingerprint density at radius 1 is 1.22 bits per heavy atom. The number of amides is 1. The molecule has 0 radical (unpaired) electrons. The summed E-state index contributed by atoms with van der Waals surface area (Å²) in [5.74, 6) is 0.0230. The van der Waals surface area contributed by atoms with Gasteiger partial charge in [-0.25, -0.2) is 9.97 Å². The summed E-state index contributed by atoms with van der Waals surface area (Å²) < 4.78 is 50.7. The van der Waals surface area contributed by atoms with Gasteiger partial charge in [0.2, 0.25) is 0 Å². The maximum atomic E-state index is 13.2. The molecule has 36 heavy (non-hydrogen) atoms. The molecule has 1 amide bonds. The molecule has 8 nitrogen and oxygen atoms in total. The van der Waals surface area contributed by atoms with E-state index in [2.05, 4.69) is 20.6 Å². The number of hydrogen-bond donors (Lipinski definition) is 2. The first-order chi connectivity index (χ1) is 17.2. The quantitative estimate of drug-likeness (QED) is 0.582. The van der Waals surface area contributed by atoms with E-state index < -0.39 is 16.8 Å². The molecule has 4 rings (SSSR count). The molecule has 0 bridgehead atoms. The first-order valence-electron chi connectivity index (χ1n) is 11.8. The van der Waals surface area contributed by atoms with Crippen LogP contribution in [0.5, 0.6) is 0 Å². The number of alkyl halides is 3. The van der Waals surface area contributed by atoms with E-state index in [1.165, 1.54) is 18.5 Å². The smallest absolute Gasteiger partial charge is 0.379 e. The molecule has 12 heteroatoms. The molecular formula is C24H29ClF3N5O3. The predicted octanol–water partition coefficient (Wildman–Crippen LogP) is 4.20. The summed E-state index contributed by atoms with van der Waals surface area (Å²) in [4.78, 5) is 23.3. The fourth-order valence-electron chi connectivity index (χ4n) is 4.59. The maximum absolute atomic E-state index is 13.2. The van der Waals surface area contributed by atoms with E-state index in [4.69, 9.17) is 21.1 Å². The number of rotatable bonds is 6. The Morgan fingerprint density at radius 2 is 1.97 bits per heavy atom. The topological polar surface area (TPSA) is 88.6 Å². The number of carbonyl (C=O) groups excluding carboxylic acids is 1. The molecule has 2 atom stereocenters. The highest BCUT2D eigenvalue weighted by molar-refractivity contribution is 6.31. The van der Waals surface area contributed by atoms with Gasteiger partial charge in [-0.05, 0) is 44.4 Å². The van der Waals surface area contributed by atoms with Gasteiger partial charge < -0.3 is 25.0 Å². The number of carbonyl (C=O) groups is 1. The number of piperidine rings is 1. The number of aromatic nitrogens is 2. The lowest BCUT2D eigenvalue weighted by atomic mass is 9.99.